The number of guanidine groups is 1. The van der Waals surface area contributed by atoms with Crippen LogP contribution in [0.4, 0.5) is 0 Å². The molecule has 2 heterocycles. The third kappa shape index (κ3) is 1.88. The maximum atomic E-state index is 12.0. The van der Waals surface area contributed by atoms with Crippen molar-refractivity contribution >= 4 is 11.9 Å². The first-order valence-corrected chi connectivity index (χ1v) is 7.02. The molecular weight excluding hydrogens is 254 g/mol. The second-order valence-electron chi connectivity index (χ2n) is 5.48. The van der Waals surface area contributed by atoms with Crippen LogP contribution in [0.2, 0.25) is 0 Å². The van der Waals surface area contributed by atoms with Crippen LogP contribution in [0.15, 0.2) is 29.3 Å². The highest BCUT2D eigenvalue weighted by atomic mass is 16.2. The minimum atomic E-state index is -0.164. The van der Waals surface area contributed by atoms with E-state index in [9.17, 15) is 4.79 Å². The molecule has 1 aromatic rings. The first-order chi connectivity index (χ1) is 9.81. The topological polar surface area (TPSA) is 77.5 Å². The number of amides is 1. The van der Waals surface area contributed by atoms with Crippen LogP contribution in [-0.4, -0.2) is 24.6 Å². The smallest absolute Gasteiger partial charge is 0.234 e. The van der Waals surface area contributed by atoms with Crippen LogP contribution in [0, 0.1) is 5.92 Å². The SMILES string of the molecule is O=C1NC(NC2CCc3ccccc32)=NC2NNCC12. The summed E-state index contributed by atoms with van der Waals surface area (Å²) in [5.74, 6) is 0.488. The van der Waals surface area contributed by atoms with E-state index < -0.39 is 0 Å². The molecule has 4 rings (SSSR count). The number of carbonyl (C=O) groups excluding carboxylic acids is 1. The van der Waals surface area contributed by atoms with Gasteiger partial charge < -0.3 is 5.32 Å². The summed E-state index contributed by atoms with van der Waals surface area (Å²) in [4.78, 5) is 16.5. The number of carbonyl (C=O) groups is 1. The second-order valence-corrected chi connectivity index (χ2v) is 5.48. The maximum absolute atomic E-state index is 12.0. The molecule has 0 aromatic heterocycles. The van der Waals surface area contributed by atoms with E-state index in [1.165, 1.54) is 11.1 Å². The molecule has 6 nitrogen and oxygen atoms in total. The van der Waals surface area contributed by atoms with Crippen LogP contribution < -0.4 is 21.5 Å². The molecule has 104 valence electrons. The summed E-state index contributed by atoms with van der Waals surface area (Å²) in [5, 5.41) is 6.23. The lowest BCUT2D eigenvalue weighted by Crippen LogP contribution is -2.52. The van der Waals surface area contributed by atoms with Crippen molar-refractivity contribution in [3.8, 4) is 0 Å². The summed E-state index contributed by atoms with van der Waals surface area (Å²) < 4.78 is 0. The quantitative estimate of drug-likeness (QED) is 0.570. The Hall–Kier alpha value is -1.92. The highest BCUT2D eigenvalue weighted by Crippen LogP contribution is 2.30. The lowest BCUT2D eigenvalue weighted by Gasteiger charge is -2.25. The predicted octanol–water partition coefficient (Wildman–Crippen LogP) is -0.201. The predicted molar refractivity (Wildman–Crippen MR) is 74.6 cm³/mol. The summed E-state index contributed by atoms with van der Waals surface area (Å²) in [7, 11) is 0. The average molecular weight is 271 g/mol. The molecule has 4 N–H and O–H groups in total. The van der Waals surface area contributed by atoms with Crippen molar-refractivity contribution in [1.82, 2.24) is 21.5 Å². The number of benzene rings is 1. The molecule has 1 fully saturated rings. The molecule has 2 aliphatic heterocycles. The fourth-order valence-electron chi connectivity index (χ4n) is 3.17. The molecule has 3 aliphatic rings. The van der Waals surface area contributed by atoms with Gasteiger partial charge in [-0.1, -0.05) is 24.3 Å². The van der Waals surface area contributed by atoms with Crippen molar-refractivity contribution in [2.75, 3.05) is 6.54 Å². The van der Waals surface area contributed by atoms with Crippen molar-refractivity contribution in [2.45, 2.75) is 25.0 Å². The van der Waals surface area contributed by atoms with Crippen LogP contribution in [0.3, 0.4) is 0 Å². The molecule has 6 heteroatoms. The Labute approximate surface area is 117 Å². The van der Waals surface area contributed by atoms with Gasteiger partial charge in [-0.3, -0.25) is 15.5 Å². The molecule has 3 unspecified atom stereocenters. The van der Waals surface area contributed by atoms with Gasteiger partial charge in [0.1, 0.15) is 6.17 Å². The fraction of sp³-hybridized carbons (Fsp3) is 0.429. The third-order valence-corrected chi connectivity index (χ3v) is 4.24. The van der Waals surface area contributed by atoms with Gasteiger partial charge in [0, 0.05) is 6.54 Å². The molecular formula is C14H17N5O. The number of fused-ring (bicyclic) bond motifs is 2. The van der Waals surface area contributed by atoms with Crippen LogP contribution in [0.5, 0.6) is 0 Å². The average Bonchev–Trinajstić information content (AvgIpc) is 3.07. The van der Waals surface area contributed by atoms with Crippen molar-refractivity contribution < 1.29 is 4.79 Å². The zero-order valence-electron chi connectivity index (χ0n) is 11.0. The van der Waals surface area contributed by atoms with Gasteiger partial charge in [0.15, 0.2) is 5.96 Å². The van der Waals surface area contributed by atoms with E-state index in [1.807, 2.05) is 0 Å². The molecule has 1 aromatic carbocycles. The Morgan fingerprint density at radius 2 is 2.20 bits per heavy atom. The Bertz CT molecular complexity index is 585. The molecule has 3 atom stereocenters. The molecule has 0 saturated carbocycles. The number of aliphatic imine (C=N–C) groups is 1. The van der Waals surface area contributed by atoms with Crippen LogP contribution in [-0.2, 0) is 11.2 Å². The molecule has 0 radical (unpaired) electrons. The van der Waals surface area contributed by atoms with Crippen molar-refractivity contribution in [1.29, 1.82) is 0 Å². The van der Waals surface area contributed by atoms with E-state index in [-0.39, 0.29) is 24.0 Å². The Balaban J connectivity index is 1.54. The molecule has 1 aliphatic carbocycles. The fourth-order valence-corrected chi connectivity index (χ4v) is 3.17. The number of rotatable bonds is 1. The zero-order valence-corrected chi connectivity index (χ0v) is 11.0. The van der Waals surface area contributed by atoms with E-state index in [4.69, 9.17) is 0 Å². The van der Waals surface area contributed by atoms with Crippen LogP contribution in [0.1, 0.15) is 23.6 Å². The number of hydrogen-bond acceptors (Lipinski definition) is 5. The number of hydrazine groups is 1. The first-order valence-electron chi connectivity index (χ1n) is 7.02. The van der Waals surface area contributed by atoms with Crippen molar-refractivity contribution in [2.24, 2.45) is 10.9 Å². The van der Waals surface area contributed by atoms with Gasteiger partial charge >= 0.3 is 0 Å². The van der Waals surface area contributed by atoms with E-state index in [0.29, 0.717) is 12.5 Å². The Morgan fingerprint density at radius 1 is 1.30 bits per heavy atom. The number of aryl methyl sites for hydroxylation is 1. The molecule has 1 saturated heterocycles. The van der Waals surface area contributed by atoms with Gasteiger partial charge in [0.25, 0.3) is 0 Å². The van der Waals surface area contributed by atoms with Crippen molar-refractivity contribution in [3.63, 3.8) is 0 Å². The molecule has 1 amide bonds. The largest absolute Gasteiger partial charge is 0.349 e. The monoisotopic (exact) mass is 271 g/mol. The van der Waals surface area contributed by atoms with Gasteiger partial charge in [-0.05, 0) is 24.0 Å². The third-order valence-electron chi connectivity index (χ3n) is 4.24. The molecule has 20 heavy (non-hydrogen) atoms. The minimum Gasteiger partial charge on any atom is -0.349 e. The first kappa shape index (κ1) is 11.9. The summed E-state index contributed by atoms with van der Waals surface area (Å²) in [6.07, 6.45) is 1.94. The van der Waals surface area contributed by atoms with Gasteiger partial charge in [-0.25, -0.2) is 10.4 Å². The van der Waals surface area contributed by atoms with Gasteiger partial charge in [-0.15, -0.1) is 0 Å². The number of hydrogen-bond donors (Lipinski definition) is 4. The summed E-state index contributed by atoms with van der Waals surface area (Å²) >= 11 is 0. The van der Waals surface area contributed by atoms with E-state index in [2.05, 4.69) is 50.7 Å². The lowest BCUT2D eigenvalue weighted by atomic mass is 10.1. The van der Waals surface area contributed by atoms with Gasteiger partial charge in [-0.2, -0.15) is 0 Å². The minimum absolute atomic E-state index is 0.0243. The summed E-state index contributed by atoms with van der Waals surface area (Å²) in [5.41, 5.74) is 8.69. The molecule has 0 spiro atoms. The van der Waals surface area contributed by atoms with Gasteiger partial charge in [0.2, 0.25) is 5.91 Å². The molecule has 0 bridgehead atoms. The summed E-state index contributed by atoms with van der Waals surface area (Å²) in [6, 6.07) is 8.66. The summed E-state index contributed by atoms with van der Waals surface area (Å²) in [6.45, 7) is 0.625. The van der Waals surface area contributed by atoms with Crippen LogP contribution in [0.25, 0.3) is 0 Å². The normalized spacial score (nSPS) is 31.3. The second kappa shape index (κ2) is 4.57. The number of nitrogens with one attached hydrogen (secondary N) is 4. The highest BCUT2D eigenvalue weighted by Gasteiger charge is 2.37. The lowest BCUT2D eigenvalue weighted by molar-refractivity contribution is -0.123. The highest BCUT2D eigenvalue weighted by molar-refractivity contribution is 6.00. The van der Waals surface area contributed by atoms with E-state index >= 15 is 0 Å². The Morgan fingerprint density at radius 3 is 3.15 bits per heavy atom. The van der Waals surface area contributed by atoms with E-state index in [1.54, 1.807) is 0 Å². The standard InChI is InChI=1S/C14H17N5O/c20-13-10-7-15-19-12(10)17-14(18-13)16-11-6-5-8-3-1-2-4-9(8)11/h1-4,10-12,15,19H,5-7H2,(H2,16,17,18,20). The maximum Gasteiger partial charge on any atom is 0.234 e. The van der Waals surface area contributed by atoms with Gasteiger partial charge in [0.05, 0.1) is 12.0 Å². The van der Waals surface area contributed by atoms with Crippen molar-refractivity contribution in [3.05, 3.63) is 35.4 Å². The van der Waals surface area contributed by atoms with Crippen LogP contribution >= 0.6 is 0 Å². The Kier molecular flexibility index (Phi) is 2.71. The zero-order chi connectivity index (χ0) is 13.5. The van der Waals surface area contributed by atoms with E-state index in [0.717, 1.165) is 12.8 Å². The number of nitrogens with zero attached hydrogens (tertiary/aromatic N) is 1.